The summed E-state index contributed by atoms with van der Waals surface area (Å²) in [6.45, 7) is 1.97. The van der Waals surface area contributed by atoms with Crippen LogP contribution in [0.4, 0.5) is 5.69 Å². The van der Waals surface area contributed by atoms with Crippen molar-refractivity contribution in [1.29, 1.82) is 0 Å². The normalized spacial score (nSPS) is 10.1. The predicted molar refractivity (Wildman–Crippen MR) is 64.9 cm³/mol. The fourth-order valence-electron chi connectivity index (χ4n) is 1.31. The van der Waals surface area contributed by atoms with E-state index < -0.39 is 0 Å². The number of nitrogen functional groups attached to an aromatic ring is 1. The molecule has 16 heavy (non-hydrogen) atoms. The first-order valence-electron chi connectivity index (χ1n) is 4.80. The van der Waals surface area contributed by atoms with E-state index in [0.717, 1.165) is 5.56 Å². The van der Waals surface area contributed by atoms with Gasteiger partial charge in [-0.3, -0.25) is 4.98 Å². The van der Waals surface area contributed by atoms with Crippen LogP contribution in [0.15, 0.2) is 36.7 Å². The fourth-order valence-corrected chi connectivity index (χ4v) is 1.46. The van der Waals surface area contributed by atoms with Crippen molar-refractivity contribution in [3.05, 3.63) is 47.2 Å². The third-order valence-corrected chi connectivity index (χ3v) is 2.36. The fraction of sp³-hybridized carbons (Fsp3) is 0.0833. The van der Waals surface area contributed by atoms with Crippen LogP contribution in [0.3, 0.4) is 0 Å². The summed E-state index contributed by atoms with van der Waals surface area (Å²) in [5.41, 5.74) is 7.24. The smallest absolute Gasteiger partial charge is 0.147 e. The summed E-state index contributed by atoms with van der Waals surface area (Å²) < 4.78 is 5.60. The highest BCUT2D eigenvalue weighted by Crippen LogP contribution is 2.30. The van der Waals surface area contributed by atoms with Crippen molar-refractivity contribution in [2.75, 3.05) is 5.73 Å². The van der Waals surface area contributed by atoms with Gasteiger partial charge in [-0.25, -0.2) is 0 Å². The summed E-state index contributed by atoms with van der Waals surface area (Å²) in [6.07, 6.45) is 3.15. The second-order valence-electron chi connectivity index (χ2n) is 3.49. The number of halogens is 1. The van der Waals surface area contributed by atoms with Crippen molar-refractivity contribution in [3.8, 4) is 11.5 Å². The summed E-state index contributed by atoms with van der Waals surface area (Å²) in [4.78, 5) is 3.94. The maximum Gasteiger partial charge on any atom is 0.147 e. The molecular formula is C12H11ClN2O. The molecule has 1 aromatic carbocycles. The monoisotopic (exact) mass is 234 g/mol. The van der Waals surface area contributed by atoms with Crippen molar-refractivity contribution >= 4 is 17.3 Å². The zero-order chi connectivity index (χ0) is 11.5. The van der Waals surface area contributed by atoms with Crippen LogP contribution in [0.25, 0.3) is 0 Å². The molecule has 0 aliphatic carbocycles. The van der Waals surface area contributed by atoms with Gasteiger partial charge in [0.05, 0.1) is 23.1 Å². The van der Waals surface area contributed by atoms with Gasteiger partial charge in [0, 0.05) is 6.07 Å². The number of nitrogens with zero attached hydrogens (tertiary/aromatic N) is 1. The van der Waals surface area contributed by atoms with Crippen LogP contribution in [0.5, 0.6) is 11.5 Å². The Bertz CT molecular complexity index is 514. The number of aryl methyl sites for hydroxylation is 1. The lowest BCUT2D eigenvalue weighted by Crippen LogP contribution is -1.90. The molecule has 0 fully saturated rings. The average Bonchev–Trinajstić information content (AvgIpc) is 2.24. The SMILES string of the molecule is Cc1ccc(Cl)c(Oc2cncc(N)c2)c1. The summed E-state index contributed by atoms with van der Waals surface area (Å²) in [5, 5.41) is 0.563. The Morgan fingerprint density at radius 1 is 1.25 bits per heavy atom. The molecule has 0 spiro atoms. The van der Waals surface area contributed by atoms with Crippen LogP contribution in [-0.2, 0) is 0 Å². The number of rotatable bonds is 2. The molecule has 0 bridgehead atoms. The van der Waals surface area contributed by atoms with Gasteiger partial charge in [0.2, 0.25) is 0 Å². The minimum Gasteiger partial charge on any atom is -0.454 e. The van der Waals surface area contributed by atoms with Crippen LogP contribution in [0.1, 0.15) is 5.56 Å². The van der Waals surface area contributed by atoms with Crippen LogP contribution in [0.2, 0.25) is 5.02 Å². The first-order chi connectivity index (χ1) is 7.65. The van der Waals surface area contributed by atoms with Crippen molar-refractivity contribution < 1.29 is 4.74 Å². The molecule has 0 saturated carbocycles. The Kier molecular flexibility index (Phi) is 2.97. The Labute approximate surface area is 98.8 Å². The lowest BCUT2D eigenvalue weighted by atomic mass is 10.2. The van der Waals surface area contributed by atoms with E-state index in [-0.39, 0.29) is 0 Å². The summed E-state index contributed by atoms with van der Waals surface area (Å²) in [6, 6.07) is 7.29. The molecule has 82 valence electrons. The Morgan fingerprint density at radius 2 is 2.06 bits per heavy atom. The van der Waals surface area contributed by atoms with Crippen LogP contribution < -0.4 is 10.5 Å². The van der Waals surface area contributed by atoms with Gasteiger partial charge in [0.25, 0.3) is 0 Å². The highest BCUT2D eigenvalue weighted by Gasteiger charge is 2.03. The first-order valence-corrected chi connectivity index (χ1v) is 5.17. The van der Waals surface area contributed by atoms with Crippen molar-refractivity contribution in [2.24, 2.45) is 0 Å². The molecule has 0 unspecified atom stereocenters. The average molecular weight is 235 g/mol. The van der Waals surface area contributed by atoms with Crippen LogP contribution in [-0.4, -0.2) is 4.98 Å². The number of benzene rings is 1. The van der Waals surface area contributed by atoms with Gasteiger partial charge in [0.15, 0.2) is 0 Å². The first kappa shape index (κ1) is 10.8. The van der Waals surface area contributed by atoms with E-state index in [1.807, 2.05) is 19.1 Å². The van der Waals surface area contributed by atoms with Crippen LogP contribution >= 0.6 is 11.6 Å². The molecule has 1 heterocycles. The topological polar surface area (TPSA) is 48.1 Å². The zero-order valence-corrected chi connectivity index (χ0v) is 9.53. The van der Waals surface area contributed by atoms with E-state index in [1.165, 1.54) is 0 Å². The minimum atomic E-state index is 0.557. The molecule has 2 N–H and O–H groups in total. The Balaban J connectivity index is 2.30. The molecule has 2 aromatic rings. The molecular weight excluding hydrogens is 224 g/mol. The number of anilines is 1. The number of hydrogen-bond acceptors (Lipinski definition) is 3. The van der Waals surface area contributed by atoms with Crippen LogP contribution in [0, 0.1) is 6.92 Å². The van der Waals surface area contributed by atoms with E-state index >= 15 is 0 Å². The lowest BCUT2D eigenvalue weighted by molar-refractivity contribution is 0.480. The molecule has 0 aliphatic rings. The quantitative estimate of drug-likeness (QED) is 0.866. The summed E-state index contributed by atoms with van der Waals surface area (Å²) in [7, 11) is 0. The van der Waals surface area contributed by atoms with Gasteiger partial charge in [-0.05, 0) is 24.6 Å². The zero-order valence-electron chi connectivity index (χ0n) is 8.77. The lowest BCUT2D eigenvalue weighted by Gasteiger charge is -2.08. The number of nitrogens with two attached hydrogens (primary N) is 1. The molecule has 4 heteroatoms. The molecule has 0 atom stereocenters. The number of hydrogen-bond donors (Lipinski definition) is 1. The summed E-state index contributed by atoms with van der Waals surface area (Å²) >= 11 is 6.01. The van der Waals surface area contributed by atoms with Gasteiger partial charge in [-0.1, -0.05) is 17.7 Å². The number of pyridine rings is 1. The highest BCUT2D eigenvalue weighted by molar-refractivity contribution is 6.32. The molecule has 0 radical (unpaired) electrons. The Morgan fingerprint density at radius 3 is 2.81 bits per heavy atom. The van der Waals surface area contributed by atoms with Crippen molar-refractivity contribution in [3.63, 3.8) is 0 Å². The van der Waals surface area contributed by atoms with E-state index in [2.05, 4.69) is 4.98 Å². The van der Waals surface area contributed by atoms with E-state index in [9.17, 15) is 0 Å². The third kappa shape index (κ3) is 2.44. The second-order valence-corrected chi connectivity index (χ2v) is 3.90. The standard InChI is InChI=1S/C12H11ClN2O/c1-8-2-3-11(13)12(4-8)16-10-5-9(14)6-15-7-10/h2-7H,14H2,1H3. The third-order valence-electron chi connectivity index (χ3n) is 2.05. The predicted octanol–water partition coefficient (Wildman–Crippen LogP) is 3.42. The Hall–Kier alpha value is -1.74. The van der Waals surface area contributed by atoms with Crippen molar-refractivity contribution in [1.82, 2.24) is 4.98 Å². The molecule has 3 nitrogen and oxygen atoms in total. The minimum absolute atomic E-state index is 0.557. The van der Waals surface area contributed by atoms with E-state index in [1.54, 1.807) is 24.5 Å². The number of ether oxygens (including phenoxy) is 1. The number of aromatic nitrogens is 1. The van der Waals surface area contributed by atoms with Crippen molar-refractivity contribution in [2.45, 2.75) is 6.92 Å². The maximum atomic E-state index is 6.01. The molecule has 0 amide bonds. The molecule has 2 rings (SSSR count). The second kappa shape index (κ2) is 4.41. The van der Waals surface area contributed by atoms with Gasteiger partial charge < -0.3 is 10.5 Å². The molecule has 1 aromatic heterocycles. The summed E-state index contributed by atoms with van der Waals surface area (Å²) in [5.74, 6) is 1.18. The highest BCUT2D eigenvalue weighted by atomic mass is 35.5. The van der Waals surface area contributed by atoms with E-state index in [0.29, 0.717) is 22.2 Å². The van der Waals surface area contributed by atoms with E-state index in [4.69, 9.17) is 22.1 Å². The molecule has 0 aliphatic heterocycles. The van der Waals surface area contributed by atoms with Gasteiger partial charge >= 0.3 is 0 Å². The molecule has 0 saturated heterocycles. The maximum absolute atomic E-state index is 6.01. The van der Waals surface area contributed by atoms with Gasteiger partial charge in [0.1, 0.15) is 11.5 Å². The van der Waals surface area contributed by atoms with Gasteiger partial charge in [-0.15, -0.1) is 0 Å². The largest absolute Gasteiger partial charge is 0.454 e. The van der Waals surface area contributed by atoms with Gasteiger partial charge in [-0.2, -0.15) is 0 Å².